The van der Waals surface area contributed by atoms with Crippen molar-refractivity contribution < 1.29 is 21.7 Å². The van der Waals surface area contributed by atoms with E-state index >= 15 is 0 Å². The lowest BCUT2D eigenvalue weighted by Crippen LogP contribution is -2.02. The van der Waals surface area contributed by atoms with Crippen LogP contribution in [0.25, 0.3) is 33.8 Å². The molecule has 32 heavy (non-hydrogen) atoms. The quantitative estimate of drug-likeness (QED) is 0.177. The molecule has 0 fully saturated rings. The first-order valence-electron chi connectivity index (χ1n) is 10.2. The maximum absolute atomic E-state index is 9.75. The summed E-state index contributed by atoms with van der Waals surface area (Å²) in [6.07, 6.45) is 0. The van der Waals surface area contributed by atoms with Gasteiger partial charge in [0.1, 0.15) is 0 Å². The monoisotopic (exact) mass is 438 g/mol. The third-order valence-corrected chi connectivity index (χ3v) is 4.88. The van der Waals surface area contributed by atoms with Crippen LogP contribution in [-0.4, -0.2) is 7.25 Å². The zero-order valence-electron chi connectivity index (χ0n) is 18.1. The van der Waals surface area contributed by atoms with E-state index in [4.69, 9.17) is 4.42 Å². The van der Waals surface area contributed by atoms with Gasteiger partial charge in [0, 0.05) is 5.56 Å². The number of rotatable bonds is 3. The highest BCUT2D eigenvalue weighted by molar-refractivity contribution is 6.50. The van der Waals surface area contributed by atoms with Gasteiger partial charge in [-0.1, -0.05) is 54.1 Å². The maximum Gasteiger partial charge on any atom is 0.673 e. The van der Waals surface area contributed by atoms with Gasteiger partial charge in [0.25, 0.3) is 0 Å². The minimum absolute atomic E-state index is 0.881. The molecule has 1 nitrogen and oxygen atoms in total. The van der Waals surface area contributed by atoms with Crippen molar-refractivity contribution in [2.45, 2.75) is 20.8 Å². The van der Waals surface area contributed by atoms with Crippen LogP contribution in [0.5, 0.6) is 0 Å². The lowest BCUT2D eigenvalue weighted by molar-refractivity contribution is 0.368. The summed E-state index contributed by atoms with van der Waals surface area (Å²) in [7, 11) is -6.00. The van der Waals surface area contributed by atoms with Crippen LogP contribution >= 0.6 is 0 Å². The van der Waals surface area contributed by atoms with E-state index in [1.807, 2.05) is 36.4 Å². The summed E-state index contributed by atoms with van der Waals surface area (Å²) in [5, 5.41) is 0. The molecule has 0 N–H and O–H groups in total. The summed E-state index contributed by atoms with van der Waals surface area (Å²) < 4.78 is 45.3. The number of hydrogen-bond donors (Lipinski definition) is 0. The predicted molar refractivity (Wildman–Crippen MR) is 124 cm³/mol. The summed E-state index contributed by atoms with van der Waals surface area (Å²) in [6, 6.07) is 29.4. The molecule has 0 unspecified atom stereocenters. The number of aryl methyl sites for hydroxylation is 3. The third-order valence-electron chi connectivity index (χ3n) is 4.88. The molecule has 0 amide bonds. The van der Waals surface area contributed by atoms with E-state index < -0.39 is 7.25 Å². The minimum Gasteiger partial charge on any atom is -0.418 e. The lowest BCUT2D eigenvalue weighted by atomic mass is 9.93. The molecule has 3 aromatic carbocycles. The van der Waals surface area contributed by atoms with E-state index in [2.05, 4.69) is 69.3 Å². The second kappa shape index (κ2) is 9.81. The highest BCUT2D eigenvalue weighted by Crippen LogP contribution is 2.35. The van der Waals surface area contributed by atoms with Gasteiger partial charge in [-0.3, -0.25) is 0 Å². The van der Waals surface area contributed by atoms with Gasteiger partial charge in [0.05, 0.1) is 23.3 Å². The third kappa shape index (κ3) is 6.30. The molecule has 0 aliphatic rings. The van der Waals surface area contributed by atoms with Crippen molar-refractivity contribution in [3.63, 3.8) is 0 Å². The van der Waals surface area contributed by atoms with Gasteiger partial charge in [0.2, 0.25) is 0 Å². The van der Waals surface area contributed by atoms with Crippen LogP contribution in [0.15, 0.2) is 89.3 Å². The van der Waals surface area contributed by atoms with Crippen molar-refractivity contribution >= 4 is 7.25 Å². The van der Waals surface area contributed by atoms with Gasteiger partial charge in [-0.15, -0.1) is 0 Å². The molecule has 1 aromatic heterocycles. The van der Waals surface area contributed by atoms with Crippen LogP contribution in [-0.2, 0) is 0 Å². The topological polar surface area (TPSA) is 11.3 Å². The Balaban J connectivity index is 0.000000523. The van der Waals surface area contributed by atoms with Crippen LogP contribution in [0.2, 0.25) is 0 Å². The van der Waals surface area contributed by atoms with Crippen LogP contribution in [0, 0.1) is 20.8 Å². The zero-order chi connectivity index (χ0) is 23.3. The first-order chi connectivity index (χ1) is 15.1. The Morgan fingerprint density at radius 2 is 0.938 bits per heavy atom. The van der Waals surface area contributed by atoms with Crippen LogP contribution in [0.4, 0.5) is 17.3 Å². The van der Waals surface area contributed by atoms with Crippen molar-refractivity contribution in [1.29, 1.82) is 0 Å². The summed E-state index contributed by atoms with van der Waals surface area (Å²) in [4.78, 5) is 0. The Kier molecular flexibility index (Phi) is 7.13. The van der Waals surface area contributed by atoms with E-state index in [0.717, 1.165) is 22.6 Å². The van der Waals surface area contributed by atoms with Crippen molar-refractivity contribution in [1.82, 2.24) is 0 Å². The minimum atomic E-state index is -6.00. The van der Waals surface area contributed by atoms with Gasteiger partial charge in [-0.25, -0.2) is 4.42 Å². The molecule has 6 heteroatoms. The van der Waals surface area contributed by atoms with Crippen molar-refractivity contribution in [3.8, 4) is 33.8 Å². The second-order valence-corrected chi connectivity index (χ2v) is 7.58. The first-order valence-corrected chi connectivity index (χ1v) is 10.2. The predicted octanol–water partition coefficient (Wildman–Crippen LogP) is 8.79. The van der Waals surface area contributed by atoms with Gasteiger partial charge >= 0.3 is 18.8 Å². The van der Waals surface area contributed by atoms with Gasteiger partial charge < -0.3 is 17.3 Å². The van der Waals surface area contributed by atoms with E-state index in [9.17, 15) is 17.3 Å². The molecule has 0 bridgehead atoms. The van der Waals surface area contributed by atoms with Crippen molar-refractivity contribution in [2.24, 2.45) is 0 Å². The molecule has 0 saturated heterocycles. The SMILES string of the molecule is Cc1cc(C)c(-c2cc(-c3ccccc3)[o+]c(-c3ccccc3)c2)c(C)c1.F[B-](F)(F)F. The molecule has 164 valence electrons. The maximum atomic E-state index is 9.75. The Morgan fingerprint density at radius 1 is 0.562 bits per heavy atom. The lowest BCUT2D eigenvalue weighted by Gasteiger charge is -2.11. The summed E-state index contributed by atoms with van der Waals surface area (Å²) in [6.45, 7) is 6.52. The molecule has 4 aromatic rings. The second-order valence-electron chi connectivity index (χ2n) is 7.58. The van der Waals surface area contributed by atoms with Gasteiger partial charge in [0.15, 0.2) is 0 Å². The Hall–Kier alpha value is -3.41. The van der Waals surface area contributed by atoms with E-state index in [0.29, 0.717) is 0 Å². The Labute approximate surface area is 185 Å². The van der Waals surface area contributed by atoms with E-state index in [1.54, 1.807) is 0 Å². The smallest absolute Gasteiger partial charge is 0.418 e. The zero-order valence-corrected chi connectivity index (χ0v) is 18.1. The number of halogens is 4. The normalized spacial score (nSPS) is 11.0. The molecule has 0 spiro atoms. The van der Waals surface area contributed by atoms with Crippen molar-refractivity contribution in [2.75, 3.05) is 0 Å². The molecule has 0 aliphatic carbocycles. The molecule has 0 atom stereocenters. The van der Waals surface area contributed by atoms with E-state index in [1.165, 1.54) is 27.8 Å². The highest BCUT2D eigenvalue weighted by atomic mass is 19.5. The largest absolute Gasteiger partial charge is 0.673 e. The van der Waals surface area contributed by atoms with Gasteiger partial charge in [-0.2, -0.15) is 0 Å². The molecular weight excluding hydrogens is 415 g/mol. The van der Waals surface area contributed by atoms with Crippen LogP contribution in [0.1, 0.15) is 16.7 Å². The fourth-order valence-corrected chi connectivity index (χ4v) is 3.77. The summed E-state index contributed by atoms with van der Waals surface area (Å²) in [5.41, 5.74) is 8.51. The average Bonchev–Trinajstić information content (AvgIpc) is 2.73. The van der Waals surface area contributed by atoms with Crippen LogP contribution in [0.3, 0.4) is 0 Å². The summed E-state index contributed by atoms with van der Waals surface area (Å²) in [5.74, 6) is 1.76. The summed E-state index contributed by atoms with van der Waals surface area (Å²) >= 11 is 0. The molecule has 0 aliphatic heterocycles. The Bertz CT molecular complexity index is 1100. The fourth-order valence-electron chi connectivity index (χ4n) is 3.77. The molecule has 4 rings (SSSR count). The number of benzene rings is 3. The fraction of sp³-hybridized carbons (Fsp3) is 0.115. The molecule has 0 radical (unpaired) electrons. The number of hydrogen-bond acceptors (Lipinski definition) is 0. The first kappa shape index (κ1) is 23.3. The van der Waals surface area contributed by atoms with Crippen LogP contribution < -0.4 is 0 Å². The highest BCUT2D eigenvalue weighted by Gasteiger charge is 2.22. The standard InChI is InChI=1S/C26H23O.BF4/c1-18-14-19(2)26(20(3)15-18)23-16-24(21-10-6-4-7-11-21)27-25(17-23)22-12-8-5-9-13-22;2-1(3,4)5/h4-17H,1-3H3;/q+1;-1. The Morgan fingerprint density at radius 3 is 1.31 bits per heavy atom. The molecule has 0 saturated carbocycles. The molecular formula is C26H23BF4O. The average molecular weight is 438 g/mol. The van der Waals surface area contributed by atoms with Crippen molar-refractivity contribution in [3.05, 3.63) is 102 Å². The van der Waals surface area contributed by atoms with Gasteiger partial charge in [-0.05, 0) is 61.7 Å². The molecule has 1 heterocycles. The van der Waals surface area contributed by atoms with E-state index in [-0.39, 0.29) is 0 Å².